The zero-order valence-corrected chi connectivity index (χ0v) is 18.2. The van der Waals surface area contributed by atoms with Crippen molar-refractivity contribution in [3.63, 3.8) is 0 Å². The molecule has 0 atom stereocenters. The normalized spacial score (nSPS) is 13.7. The number of anilines is 2. The molecule has 4 rings (SSSR count). The van der Waals surface area contributed by atoms with E-state index in [0.717, 1.165) is 11.3 Å². The van der Waals surface area contributed by atoms with Crippen molar-refractivity contribution in [2.45, 2.75) is 6.92 Å². The van der Waals surface area contributed by atoms with E-state index in [2.05, 4.69) is 0 Å². The van der Waals surface area contributed by atoms with Crippen LogP contribution in [0, 0.1) is 6.92 Å². The predicted octanol–water partition coefficient (Wildman–Crippen LogP) is 5.08. The van der Waals surface area contributed by atoms with Gasteiger partial charge in [0.1, 0.15) is 11.4 Å². The first kappa shape index (κ1) is 20.7. The maximum Gasteiger partial charge on any atom is 0.282 e. The van der Waals surface area contributed by atoms with E-state index >= 15 is 0 Å². The van der Waals surface area contributed by atoms with Gasteiger partial charge in [-0.15, -0.1) is 0 Å². The molecule has 0 radical (unpaired) electrons. The Kier molecular flexibility index (Phi) is 5.53. The molecule has 0 saturated heterocycles. The van der Waals surface area contributed by atoms with Gasteiger partial charge in [0.05, 0.1) is 18.4 Å². The lowest BCUT2D eigenvalue weighted by molar-refractivity contribution is -0.120. The van der Waals surface area contributed by atoms with E-state index in [0.29, 0.717) is 33.3 Å². The highest BCUT2D eigenvalue weighted by Gasteiger charge is 2.42. The highest BCUT2D eigenvalue weighted by Crippen LogP contribution is 2.38. The lowest BCUT2D eigenvalue weighted by Crippen LogP contribution is -2.34. The first-order valence-corrected chi connectivity index (χ1v) is 10.1. The first-order valence-electron chi connectivity index (χ1n) is 9.74. The third-order valence-electron chi connectivity index (χ3n) is 5.32. The molecule has 1 aliphatic heterocycles. The molecule has 3 aromatic carbocycles. The van der Waals surface area contributed by atoms with Gasteiger partial charge in [-0.3, -0.25) is 9.59 Å². The number of rotatable bonds is 5. The van der Waals surface area contributed by atoms with Crippen LogP contribution in [0.15, 0.2) is 78.5 Å². The highest BCUT2D eigenvalue weighted by molar-refractivity contribution is 6.46. The molecule has 0 fully saturated rings. The SMILES string of the molecule is COc1ccc(C2=C(N(C)c3ccccc3)C(=O)N(c3ccc(Cl)cc3C)C2=O)cc1. The van der Waals surface area contributed by atoms with Crippen molar-refractivity contribution in [2.75, 3.05) is 24.0 Å². The van der Waals surface area contributed by atoms with Gasteiger partial charge in [-0.2, -0.15) is 0 Å². The number of para-hydroxylation sites is 1. The number of aryl methyl sites for hydroxylation is 1. The predicted molar refractivity (Wildman–Crippen MR) is 123 cm³/mol. The van der Waals surface area contributed by atoms with Crippen LogP contribution in [-0.2, 0) is 9.59 Å². The molecule has 0 aliphatic carbocycles. The number of hydrogen-bond acceptors (Lipinski definition) is 4. The Balaban J connectivity index is 1.88. The molecule has 1 heterocycles. The molecule has 0 spiro atoms. The minimum atomic E-state index is -0.382. The van der Waals surface area contributed by atoms with Crippen LogP contribution in [0.3, 0.4) is 0 Å². The zero-order valence-electron chi connectivity index (χ0n) is 17.4. The summed E-state index contributed by atoms with van der Waals surface area (Å²) < 4.78 is 5.24. The van der Waals surface area contributed by atoms with Crippen molar-refractivity contribution in [3.05, 3.63) is 94.6 Å². The second kappa shape index (κ2) is 8.28. The Bertz CT molecular complexity index is 1190. The summed E-state index contributed by atoms with van der Waals surface area (Å²) in [5.41, 5.74) is 3.36. The average Bonchev–Trinajstić information content (AvgIpc) is 3.04. The number of likely N-dealkylation sites (N-methyl/N-ethyl adjacent to an activating group) is 1. The molecule has 6 heteroatoms. The van der Waals surface area contributed by atoms with Gasteiger partial charge in [-0.1, -0.05) is 41.9 Å². The molecule has 5 nitrogen and oxygen atoms in total. The molecule has 0 N–H and O–H groups in total. The van der Waals surface area contributed by atoms with Crippen molar-refractivity contribution in [1.82, 2.24) is 0 Å². The summed E-state index contributed by atoms with van der Waals surface area (Å²) in [5, 5.41) is 0.547. The van der Waals surface area contributed by atoms with Crippen LogP contribution in [0.2, 0.25) is 5.02 Å². The number of carbonyl (C=O) groups excluding carboxylic acids is 2. The number of ether oxygens (including phenoxy) is 1. The van der Waals surface area contributed by atoms with Crippen molar-refractivity contribution < 1.29 is 14.3 Å². The van der Waals surface area contributed by atoms with Gasteiger partial charge < -0.3 is 9.64 Å². The number of methoxy groups -OCH3 is 1. The summed E-state index contributed by atoms with van der Waals surface area (Å²) in [5.74, 6) is -0.0875. The van der Waals surface area contributed by atoms with Crippen molar-refractivity contribution in [2.24, 2.45) is 0 Å². The van der Waals surface area contributed by atoms with E-state index in [9.17, 15) is 9.59 Å². The van der Waals surface area contributed by atoms with Gasteiger partial charge in [0.15, 0.2) is 0 Å². The Labute approximate surface area is 186 Å². The molecule has 2 amide bonds. The summed E-state index contributed by atoms with van der Waals surface area (Å²) in [6.45, 7) is 1.83. The fourth-order valence-electron chi connectivity index (χ4n) is 3.72. The van der Waals surface area contributed by atoms with E-state index in [-0.39, 0.29) is 11.8 Å². The Morgan fingerprint density at radius 2 is 1.58 bits per heavy atom. The van der Waals surface area contributed by atoms with Crippen LogP contribution >= 0.6 is 11.6 Å². The number of imide groups is 1. The van der Waals surface area contributed by atoms with Gasteiger partial charge in [-0.05, 0) is 60.5 Å². The van der Waals surface area contributed by atoms with E-state index in [1.807, 2.05) is 37.3 Å². The quantitative estimate of drug-likeness (QED) is 0.528. The Hall–Kier alpha value is -3.57. The smallest absolute Gasteiger partial charge is 0.282 e. The van der Waals surface area contributed by atoms with Crippen molar-refractivity contribution >= 4 is 40.4 Å². The number of nitrogens with zero attached hydrogens (tertiary/aromatic N) is 2. The van der Waals surface area contributed by atoms with Crippen molar-refractivity contribution in [3.8, 4) is 5.75 Å². The summed E-state index contributed by atoms with van der Waals surface area (Å²) in [6.07, 6.45) is 0. The number of halogens is 1. The van der Waals surface area contributed by atoms with Crippen molar-refractivity contribution in [1.29, 1.82) is 0 Å². The van der Waals surface area contributed by atoms with Gasteiger partial charge >= 0.3 is 0 Å². The largest absolute Gasteiger partial charge is 0.497 e. The lowest BCUT2D eigenvalue weighted by Gasteiger charge is -2.22. The fourth-order valence-corrected chi connectivity index (χ4v) is 3.94. The van der Waals surface area contributed by atoms with Gasteiger partial charge in [0.2, 0.25) is 0 Å². The number of amides is 2. The van der Waals surface area contributed by atoms with Gasteiger partial charge in [0, 0.05) is 17.8 Å². The Morgan fingerprint density at radius 3 is 2.19 bits per heavy atom. The topological polar surface area (TPSA) is 49.9 Å². The molecule has 0 saturated carbocycles. The summed E-state index contributed by atoms with van der Waals surface area (Å²) in [4.78, 5) is 30.2. The number of benzene rings is 3. The second-order valence-corrected chi connectivity index (χ2v) is 7.66. The monoisotopic (exact) mass is 432 g/mol. The van der Waals surface area contributed by atoms with Crippen LogP contribution < -0.4 is 14.5 Å². The van der Waals surface area contributed by atoms with E-state index in [1.165, 1.54) is 4.90 Å². The van der Waals surface area contributed by atoms with Crippen LogP contribution in [0.25, 0.3) is 5.57 Å². The number of carbonyl (C=O) groups is 2. The molecule has 156 valence electrons. The molecule has 3 aromatic rings. The van der Waals surface area contributed by atoms with Crippen LogP contribution in [0.4, 0.5) is 11.4 Å². The Morgan fingerprint density at radius 1 is 0.903 bits per heavy atom. The zero-order chi connectivity index (χ0) is 22.1. The lowest BCUT2D eigenvalue weighted by atomic mass is 10.0. The minimum absolute atomic E-state index is 0.315. The first-order chi connectivity index (χ1) is 14.9. The second-order valence-electron chi connectivity index (χ2n) is 7.22. The minimum Gasteiger partial charge on any atom is -0.497 e. The molecule has 0 aromatic heterocycles. The molecular weight excluding hydrogens is 412 g/mol. The molecule has 1 aliphatic rings. The molecule has 0 unspecified atom stereocenters. The van der Waals surface area contributed by atoms with Crippen LogP contribution in [-0.4, -0.2) is 26.0 Å². The standard InChI is InChI=1S/C25H21ClN2O3/c1-16-15-18(26)11-14-21(16)28-24(29)22(17-9-12-20(31-3)13-10-17)23(25(28)30)27(2)19-7-5-4-6-8-19/h4-15H,1-3H3. The molecule has 31 heavy (non-hydrogen) atoms. The van der Waals surface area contributed by atoms with Gasteiger partial charge in [0.25, 0.3) is 11.8 Å². The third kappa shape index (κ3) is 3.68. The summed E-state index contributed by atoms with van der Waals surface area (Å²) in [7, 11) is 3.37. The average molecular weight is 433 g/mol. The molecular formula is C25H21ClN2O3. The maximum atomic E-state index is 13.6. The van der Waals surface area contributed by atoms with Crippen LogP contribution in [0.5, 0.6) is 5.75 Å². The highest BCUT2D eigenvalue weighted by atomic mass is 35.5. The van der Waals surface area contributed by atoms with Crippen LogP contribution in [0.1, 0.15) is 11.1 Å². The maximum absolute atomic E-state index is 13.6. The van der Waals surface area contributed by atoms with E-state index < -0.39 is 0 Å². The fraction of sp³-hybridized carbons (Fsp3) is 0.120. The summed E-state index contributed by atoms with van der Waals surface area (Å²) >= 11 is 6.09. The number of hydrogen-bond donors (Lipinski definition) is 0. The van der Waals surface area contributed by atoms with Gasteiger partial charge in [-0.25, -0.2) is 4.90 Å². The van der Waals surface area contributed by atoms with E-state index in [1.54, 1.807) is 61.5 Å². The van der Waals surface area contributed by atoms with E-state index in [4.69, 9.17) is 16.3 Å². The summed E-state index contributed by atoms with van der Waals surface area (Å²) in [6, 6.07) is 21.7. The third-order valence-corrected chi connectivity index (χ3v) is 5.55. The molecule has 0 bridgehead atoms.